The van der Waals surface area contributed by atoms with Crippen molar-refractivity contribution in [1.82, 2.24) is 0 Å². The van der Waals surface area contributed by atoms with Crippen LogP contribution < -0.4 is 26.6 Å². The van der Waals surface area contributed by atoms with Crippen molar-refractivity contribution in [3.63, 3.8) is 0 Å². The SMILES string of the molecule is CCCCCCCCCCCC1=[N+](Cc2cc(F)ccc2F)CCc2c1ccc(N1CCOCC1)c2OCCCCCCCC.[Br-]. The van der Waals surface area contributed by atoms with Crippen LogP contribution in [0.15, 0.2) is 30.3 Å². The summed E-state index contributed by atoms with van der Waals surface area (Å²) in [5.74, 6) is 0.309. The molecule has 4 rings (SSSR count). The van der Waals surface area contributed by atoms with Crippen LogP contribution in [0.5, 0.6) is 5.75 Å². The average Bonchev–Trinajstić information content (AvgIpc) is 3.06. The highest BCUT2D eigenvalue weighted by molar-refractivity contribution is 6.00. The van der Waals surface area contributed by atoms with Crippen LogP contribution >= 0.6 is 0 Å². The molecule has 2 aromatic rings. The molecule has 0 unspecified atom stereocenters. The maximum absolute atomic E-state index is 14.8. The number of fused-ring (bicyclic) bond motifs is 1. The number of hydrogen-bond acceptors (Lipinski definition) is 3. The zero-order valence-electron chi connectivity index (χ0n) is 28.7. The molecule has 0 atom stereocenters. The molecule has 0 aromatic heterocycles. The van der Waals surface area contributed by atoms with Gasteiger partial charge in [-0.3, -0.25) is 0 Å². The lowest BCUT2D eigenvalue weighted by Crippen LogP contribution is -3.00. The molecule has 0 radical (unpaired) electrons. The third-order valence-corrected chi connectivity index (χ3v) is 9.55. The Labute approximate surface area is 288 Å². The van der Waals surface area contributed by atoms with Gasteiger partial charge < -0.3 is 31.4 Å². The molecule has 0 bridgehead atoms. The molecule has 7 heteroatoms. The quantitative estimate of drug-likeness (QED) is 0.103. The number of ether oxygens (including phenoxy) is 2. The summed E-state index contributed by atoms with van der Waals surface area (Å²) >= 11 is 0. The molecule has 1 fully saturated rings. The van der Waals surface area contributed by atoms with Crippen molar-refractivity contribution in [2.45, 2.75) is 130 Å². The van der Waals surface area contributed by atoms with Crippen molar-refractivity contribution >= 4 is 11.4 Å². The lowest BCUT2D eigenvalue weighted by molar-refractivity contribution is -0.546. The molecule has 46 heavy (non-hydrogen) atoms. The van der Waals surface area contributed by atoms with Crippen LogP contribution in [0.1, 0.15) is 133 Å². The molecule has 258 valence electrons. The Kier molecular flexibility index (Phi) is 18.2. The first kappa shape index (κ1) is 38.5. The smallest absolute Gasteiger partial charge is 0.184 e. The number of hydrogen-bond donors (Lipinski definition) is 0. The van der Waals surface area contributed by atoms with E-state index in [2.05, 4.69) is 35.5 Å². The van der Waals surface area contributed by atoms with E-state index in [4.69, 9.17) is 9.47 Å². The van der Waals surface area contributed by atoms with E-state index < -0.39 is 0 Å². The largest absolute Gasteiger partial charge is 1.00 e. The minimum atomic E-state index is -0.384. The van der Waals surface area contributed by atoms with E-state index in [1.54, 1.807) is 0 Å². The predicted octanol–water partition coefficient (Wildman–Crippen LogP) is 7.02. The van der Waals surface area contributed by atoms with Gasteiger partial charge in [0.05, 0.1) is 31.1 Å². The van der Waals surface area contributed by atoms with E-state index in [1.165, 1.54) is 124 Å². The van der Waals surface area contributed by atoms with Gasteiger partial charge in [0.25, 0.3) is 0 Å². The van der Waals surface area contributed by atoms with Crippen LogP contribution in [0.25, 0.3) is 0 Å². The van der Waals surface area contributed by atoms with E-state index in [9.17, 15) is 8.78 Å². The van der Waals surface area contributed by atoms with Crippen molar-refractivity contribution in [2.75, 3.05) is 44.4 Å². The Bertz CT molecular complexity index is 1200. The van der Waals surface area contributed by atoms with Crippen molar-refractivity contribution in [2.24, 2.45) is 0 Å². The third-order valence-electron chi connectivity index (χ3n) is 9.55. The first-order valence-corrected chi connectivity index (χ1v) is 18.3. The fraction of sp³-hybridized carbons (Fsp3) is 0.667. The summed E-state index contributed by atoms with van der Waals surface area (Å²) in [4.78, 5) is 2.41. The number of unbranched alkanes of at least 4 members (excludes halogenated alkanes) is 13. The van der Waals surface area contributed by atoms with E-state index in [0.29, 0.717) is 12.1 Å². The van der Waals surface area contributed by atoms with E-state index in [1.807, 2.05) is 0 Å². The minimum Gasteiger partial charge on any atom is -1.00 e. The normalized spacial score (nSPS) is 14.7. The number of rotatable bonds is 21. The molecule has 2 heterocycles. The number of anilines is 1. The zero-order chi connectivity index (χ0) is 31.7. The summed E-state index contributed by atoms with van der Waals surface area (Å²) in [7, 11) is 0. The number of benzene rings is 2. The van der Waals surface area contributed by atoms with Gasteiger partial charge in [0.1, 0.15) is 23.9 Å². The van der Waals surface area contributed by atoms with E-state index in [0.717, 1.165) is 70.9 Å². The standard InChI is InChI=1S/C39H59F2N2O2.BrH/c1-3-5-7-9-11-12-13-14-16-18-37-34-20-22-38(42-25-28-44-29-26-42)39(45-27-17-15-10-8-6-4-2)35(34)23-24-43(37)31-32-30-33(40)19-21-36(32)41;/h19-22,30H,3-18,23-29,31H2,1-2H3;1H/q+1;/p-1. The van der Waals surface area contributed by atoms with Crippen molar-refractivity contribution in [3.05, 3.63) is 58.7 Å². The van der Waals surface area contributed by atoms with E-state index >= 15 is 0 Å². The molecule has 0 N–H and O–H groups in total. The minimum absolute atomic E-state index is 0. The number of halogens is 3. The Balaban J connectivity index is 0.00000576. The zero-order valence-corrected chi connectivity index (χ0v) is 30.3. The van der Waals surface area contributed by atoms with Gasteiger partial charge in [0.2, 0.25) is 0 Å². The molecular weight excluding hydrogens is 646 g/mol. The van der Waals surface area contributed by atoms with Crippen LogP contribution in [-0.2, 0) is 17.7 Å². The maximum atomic E-state index is 14.8. The maximum Gasteiger partial charge on any atom is 0.184 e. The lowest BCUT2D eigenvalue weighted by Gasteiger charge is -2.32. The Morgan fingerprint density at radius 3 is 2.09 bits per heavy atom. The van der Waals surface area contributed by atoms with Gasteiger partial charge in [-0.05, 0) is 43.2 Å². The number of nitrogens with zero attached hydrogens (tertiary/aromatic N) is 2. The Hall–Kier alpha value is -1.99. The molecule has 2 aliphatic heterocycles. The highest BCUT2D eigenvalue weighted by Crippen LogP contribution is 2.38. The highest BCUT2D eigenvalue weighted by atomic mass is 79.9. The third kappa shape index (κ3) is 11.9. The van der Waals surface area contributed by atoms with Gasteiger partial charge in [-0.1, -0.05) is 97.3 Å². The summed E-state index contributed by atoms with van der Waals surface area (Å²) in [5.41, 5.74) is 5.36. The second kappa shape index (κ2) is 21.8. The predicted molar refractivity (Wildman–Crippen MR) is 183 cm³/mol. The molecule has 1 saturated heterocycles. The van der Waals surface area contributed by atoms with Crippen LogP contribution in [-0.4, -0.2) is 49.7 Å². The summed E-state index contributed by atoms with van der Waals surface area (Å²) in [6, 6.07) is 8.33. The topological polar surface area (TPSA) is 24.7 Å². The number of morpholine rings is 1. The summed E-state index contributed by atoms with van der Waals surface area (Å²) in [6.07, 6.45) is 20.7. The van der Waals surface area contributed by atoms with Gasteiger partial charge in [-0.15, -0.1) is 0 Å². The molecule has 0 amide bonds. The fourth-order valence-electron chi connectivity index (χ4n) is 6.90. The second-order valence-corrected chi connectivity index (χ2v) is 13.1. The molecule has 2 aromatic carbocycles. The van der Waals surface area contributed by atoms with Crippen LogP contribution in [0, 0.1) is 11.6 Å². The molecule has 4 nitrogen and oxygen atoms in total. The van der Waals surface area contributed by atoms with Gasteiger partial charge in [0, 0.05) is 37.1 Å². The van der Waals surface area contributed by atoms with Crippen LogP contribution in [0.4, 0.5) is 14.5 Å². The summed E-state index contributed by atoms with van der Waals surface area (Å²) < 4.78 is 43.6. The molecule has 2 aliphatic rings. The van der Waals surface area contributed by atoms with Crippen molar-refractivity contribution in [3.8, 4) is 5.75 Å². The van der Waals surface area contributed by atoms with Crippen LogP contribution in [0.2, 0.25) is 0 Å². The first-order chi connectivity index (χ1) is 22.1. The van der Waals surface area contributed by atoms with Gasteiger partial charge >= 0.3 is 0 Å². The van der Waals surface area contributed by atoms with Crippen molar-refractivity contribution < 1.29 is 39.8 Å². The Morgan fingerprint density at radius 2 is 1.41 bits per heavy atom. The summed E-state index contributed by atoms with van der Waals surface area (Å²) in [5, 5.41) is 0. The molecular formula is C39H59BrF2N2O2. The molecule has 0 aliphatic carbocycles. The highest BCUT2D eigenvalue weighted by Gasteiger charge is 2.31. The van der Waals surface area contributed by atoms with Crippen LogP contribution in [0.3, 0.4) is 0 Å². The molecule has 0 saturated carbocycles. The second-order valence-electron chi connectivity index (χ2n) is 13.1. The monoisotopic (exact) mass is 704 g/mol. The van der Waals surface area contributed by atoms with Crippen molar-refractivity contribution in [1.29, 1.82) is 0 Å². The Morgan fingerprint density at radius 1 is 0.783 bits per heavy atom. The average molecular weight is 706 g/mol. The van der Waals surface area contributed by atoms with Gasteiger partial charge in [0.15, 0.2) is 12.3 Å². The lowest BCUT2D eigenvalue weighted by atomic mass is 9.91. The molecule has 0 spiro atoms. The summed E-state index contributed by atoms with van der Waals surface area (Å²) in [6.45, 7) is 9.61. The first-order valence-electron chi connectivity index (χ1n) is 18.3. The fourth-order valence-corrected chi connectivity index (χ4v) is 6.90. The van der Waals surface area contributed by atoms with Gasteiger partial charge in [-0.25, -0.2) is 13.4 Å². The van der Waals surface area contributed by atoms with E-state index in [-0.39, 0.29) is 28.6 Å². The van der Waals surface area contributed by atoms with Gasteiger partial charge in [-0.2, -0.15) is 0 Å².